The van der Waals surface area contributed by atoms with Gasteiger partial charge in [0.15, 0.2) is 5.96 Å². The van der Waals surface area contributed by atoms with Gasteiger partial charge in [-0.2, -0.15) is 5.10 Å². The van der Waals surface area contributed by atoms with Crippen molar-refractivity contribution >= 4 is 29.9 Å². The average molecular weight is 457 g/mol. The fourth-order valence-electron chi connectivity index (χ4n) is 2.20. The van der Waals surface area contributed by atoms with E-state index in [2.05, 4.69) is 27.6 Å². The SMILES string of the molecule is CCNC(=NCc1ccn(-c2ccccc2)n1)NCCCOCC.I. The molecule has 0 amide bonds. The van der Waals surface area contributed by atoms with Crippen LogP contribution in [-0.4, -0.2) is 42.0 Å². The monoisotopic (exact) mass is 457 g/mol. The van der Waals surface area contributed by atoms with Gasteiger partial charge in [0, 0.05) is 32.5 Å². The molecule has 138 valence electrons. The predicted molar refractivity (Wildman–Crippen MR) is 113 cm³/mol. The van der Waals surface area contributed by atoms with E-state index in [0.717, 1.165) is 50.1 Å². The average Bonchev–Trinajstić information content (AvgIpc) is 3.09. The van der Waals surface area contributed by atoms with E-state index in [1.165, 1.54) is 0 Å². The minimum atomic E-state index is 0. The number of nitrogens with zero attached hydrogens (tertiary/aromatic N) is 3. The Hall–Kier alpha value is -1.61. The second-order valence-electron chi connectivity index (χ2n) is 5.26. The molecule has 2 rings (SSSR count). The van der Waals surface area contributed by atoms with Gasteiger partial charge < -0.3 is 15.4 Å². The normalized spacial score (nSPS) is 11.0. The Morgan fingerprint density at radius 1 is 1.16 bits per heavy atom. The van der Waals surface area contributed by atoms with Gasteiger partial charge in [0.25, 0.3) is 0 Å². The van der Waals surface area contributed by atoms with Crippen LogP contribution in [0, 0.1) is 0 Å². The molecule has 0 saturated heterocycles. The number of hydrogen-bond donors (Lipinski definition) is 2. The number of ether oxygens (including phenoxy) is 1. The number of para-hydroxylation sites is 1. The Labute approximate surface area is 167 Å². The fourth-order valence-corrected chi connectivity index (χ4v) is 2.20. The molecule has 0 fully saturated rings. The van der Waals surface area contributed by atoms with E-state index in [1.54, 1.807) is 0 Å². The predicted octanol–water partition coefficient (Wildman–Crippen LogP) is 2.97. The first-order valence-electron chi connectivity index (χ1n) is 8.53. The molecule has 7 heteroatoms. The number of hydrogen-bond acceptors (Lipinski definition) is 3. The standard InChI is InChI=1S/C18H27N5O.HI/c1-3-19-18(20-12-8-14-24-4-2)21-15-16-11-13-23(22-16)17-9-6-5-7-10-17;/h5-7,9-11,13H,3-4,8,12,14-15H2,1-2H3,(H2,19,20,21);1H. The number of halogens is 1. The summed E-state index contributed by atoms with van der Waals surface area (Å²) < 4.78 is 7.20. The van der Waals surface area contributed by atoms with Crippen LogP contribution in [0.5, 0.6) is 0 Å². The van der Waals surface area contributed by atoms with Crippen LogP contribution in [0.1, 0.15) is 26.0 Å². The lowest BCUT2D eigenvalue weighted by atomic mass is 10.3. The first-order valence-corrected chi connectivity index (χ1v) is 8.53. The van der Waals surface area contributed by atoms with Crippen LogP contribution in [0.25, 0.3) is 5.69 Å². The third kappa shape index (κ3) is 7.87. The fraction of sp³-hybridized carbons (Fsp3) is 0.444. The molecule has 6 nitrogen and oxygen atoms in total. The number of rotatable bonds is 9. The molecule has 0 aliphatic rings. The molecule has 0 saturated carbocycles. The summed E-state index contributed by atoms with van der Waals surface area (Å²) in [6, 6.07) is 12.1. The van der Waals surface area contributed by atoms with E-state index in [1.807, 2.05) is 54.2 Å². The number of aromatic nitrogens is 2. The molecule has 0 aliphatic carbocycles. The molecule has 2 N–H and O–H groups in total. The molecule has 0 atom stereocenters. The van der Waals surface area contributed by atoms with Crippen molar-refractivity contribution in [1.29, 1.82) is 0 Å². The van der Waals surface area contributed by atoms with Gasteiger partial charge in [0.05, 0.1) is 17.9 Å². The van der Waals surface area contributed by atoms with Crippen LogP contribution in [0.15, 0.2) is 47.6 Å². The zero-order chi connectivity index (χ0) is 17.0. The number of guanidine groups is 1. The summed E-state index contributed by atoms with van der Waals surface area (Å²) in [5, 5.41) is 11.1. The Morgan fingerprint density at radius 2 is 1.96 bits per heavy atom. The van der Waals surface area contributed by atoms with E-state index in [4.69, 9.17) is 4.74 Å². The van der Waals surface area contributed by atoms with E-state index in [9.17, 15) is 0 Å². The lowest BCUT2D eigenvalue weighted by Gasteiger charge is -2.10. The molecule has 25 heavy (non-hydrogen) atoms. The largest absolute Gasteiger partial charge is 0.382 e. The van der Waals surface area contributed by atoms with E-state index < -0.39 is 0 Å². The van der Waals surface area contributed by atoms with Gasteiger partial charge in [0.1, 0.15) is 0 Å². The summed E-state index contributed by atoms with van der Waals surface area (Å²) in [6.45, 7) is 7.80. The van der Waals surface area contributed by atoms with Crippen LogP contribution in [0.3, 0.4) is 0 Å². The van der Waals surface area contributed by atoms with Crippen LogP contribution in [0.4, 0.5) is 0 Å². The Kier molecular flexibility index (Phi) is 10.9. The molecule has 1 aromatic heterocycles. The van der Waals surface area contributed by atoms with Crippen molar-refractivity contribution in [3.8, 4) is 5.69 Å². The summed E-state index contributed by atoms with van der Waals surface area (Å²) in [4.78, 5) is 4.59. The van der Waals surface area contributed by atoms with Gasteiger partial charge in [-0.3, -0.25) is 0 Å². The topological polar surface area (TPSA) is 63.5 Å². The second kappa shape index (κ2) is 12.7. The highest BCUT2D eigenvalue weighted by Gasteiger charge is 2.02. The highest BCUT2D eigenvalue weighted by Crippen LogP contribution is 2.07. The first-order chi connectivity index (χ1) is 11.8. The zero-order valence-corrected chi connectivity index (χ0v) is 17.3. The smallest absolute Gasteiger partial charge is 0.191 e. The molecule has 1 heterocycles. The van der Waals surface area contributed by atoms with Crippen molar-refractivity contribution < 1.29 is 4.74 Å². The van der Waals surface area contributed by atoms with E-state index in [0.29, 0.717) is 6.54 Å². The molecular formula is C18H28IN5O. The van der Waals surface area contributed by atoms with E-state index >= 15 is 0 Å². The van der Waals surface area contributed by atoms with Gasteiger partial charge in [0.2, 0.25) is 0 Å². The summed E-state index contributed by atoms with van der Waals surface area (Å²) in [7, 11) is 0. The van der Waals surface area contributed by atoms with Crippen LogP contribution < -0.4 is 10.6 Å². The van der Waals surface area contributed by atoms with Crippen molar-refractivity contribution in [2.24, 2.45) is 4.99 Å². The molecule has 0 unspecified atom stereocenters. The minimum absolute atomic E-state index is 0. The lowest BCUT2D eigenvalue weighted by molar-refractivity contribution is 0.145. The third-order valence-corrected chi connectivity index (χ3v) is 3.37. The van der Waals surface area contributed by atoms with Crippen LogP contribution in [0.2, 0.25) is 0 Å². The summed E-state index contributed by atoms with van der Waals surface area (Å²) in [5.41, 5.74) is 1.99. The molecular weight excluding hydrogens is 429 g/mol. The maximum atomic E-state index is 5.34. The van der Waals surface area contributed by atoms with Gasteiger partial charge >= 0.3 is 0 Å². The summed E-state index contributed by atoms with van der Waals surface area (Å²) in [5.74, 6) is 0.809. The van der Waals surface area contributed by atoms with Crippen molar-refractivity contribution in [3.63, 3.8) is 0 Å². The van der Waals surface area contributed by atoms with Gasteiger partial charge in [-0.1, -0.05) is 18.2 Å². The minimum Gasteiger partial charge on any atom is -0.382 e. The Balaban J connectivity index is 0.00000312. The van der Waals surface area contributed by atoms with Crippen molar-refractivity contribution in [2.75, 3.05) is 26.3 Å². The number of aliphatic imine (C=N–C) groups is 1. The summed E-state index contributed by atoms with van der Waals surface area (Å²) >= 11 is 0. The zero-order valence-electron chi connectivity index (χ0n) is 14.9. The molecule has 1 aromatic carbocycles. The van der Waals surface area contributed by atoms with Crippen LogP contribution in [-0.2, 0) is 11.3 Å². The Morgan fingerprint density at radius 3 is 2.68 bits per heavy atom. The summed E-state index contributed by atoms with van der Waals surface area (Å²) in [6.07, 6.45) is 2.92. The third-order valence-electron chi connectivity index (χ3n) is 3.37. The molecule has 0 bridgehead atoms. The van der Waals surface area contributed by atoms with Crippen LogP contribution >= 0.6 is 24.0 Å². The van der Waals surface area contributed by atoms with Gasteiger partial charge in [-0.05, 0) is 38.5 Å². The van der Waals surface area contributed by atoms with Crippen molar-refractivity contribution in [3.05, 3.63) is 48.3 Å². The quantitative estimate of drug-likeness (QED) is 0.263. The maximum Gasteiger partial charge on any atom is 0.191 e. The molecule has 0 radical (unpaired) electrons. The molecule has 2 aromatic rings. The van der Waals surface area contributed by atoms with Crippen molar-refractivity contribution in [1.82, 2.24) is 20.4 Å². The highest BCUT2D eigenvalue weighted by molar-refractivity contribution is 14.0. The Bertz CT molecular complexity index is 615. The van der Waals surface area contributed by atoms with Gasteiger partial charge in [-0.25, -0.2) is 9.67 Å². The van der Waals surface area contributed by atoms with Gasteiger partial charge in [-0.15, -0.1) is 24.0 Å². The maximum absolute atomic E-state index is 5.34. The first kappa shape index (κ1) is 21.4. The number of nitrogens with one attached hydrogen (secondary N) is 2. The van der Waals surface area contributed by atoms with E-state index in [-0.39, 0.29) is 24.0 Å². The molecule has 0 spiro atoms. The number of benzene rings is 1. The lowest BCUT2D eigenvalue weighted by Crippen LogP contribution is -2.38. The van der Waals surface area contributed by atoms with Crippen molar-refractivity contribution in [2.45, 2.75) is 26.8 Å². The molecule has 0 aliphatic heterocycles. The highest BCUT2D eigenvalue weighted by atomic mass is 127. The second-order valence-corrected chi connectivity index (χ2v) is 5.26.